The summed E-state index contributed by atoms with van der Waals surface area (Å²) < 4.78 is 10.8. The van der Waals surface area contributed by atoms with E-state index in [0.29, 0.717) is 10.8 Å². The molecule has 0 spiro atoms. The number of rotatable bonds is 3. The third-order valence-corrected chi connectivity index (χ3v) is 4.44. The van der Waals surface area contributed by atoms with Gasteiger partial charge in [-0.3, -0.25) is 0 Å². The molecule has 0 saturated heterocycles. The number of ether oxygens (including phenoxy) is 2. The van der Waals surface area contributed by atoms with Crippen molar-refractivity contribution in [3.63, 3.8) is 0 Å². The highest BCUT2D eigenvalue weighted by molar-refractivity contribution is 6.32. The predicted octanol–water partition coefficient (Wildman–Crippen LogP) is 4.41. The number of fused-ring (bicyclic) bond motifs is 1. The molecular formula is C17H13Cl2N3O2. The van der Waals surface area contributed by atoms with Gasteiger partial charge in [0.15, 0.2) is 11.5 Å². The Bertz CT molecular complexity index is 924. The first-order valence-electron chi connectivity index (χ1n) is 7.36. The molecule has 4 rings (SSSR count). The van der Waals surface area contributed by atoms with E-state index in [2.05, 4.69) is 15.0 Å². The lowest BCUT2D eigenvalue weighted by atomic mass is 10.1. The van der Waals surface area contributed by atoms with E-state index < -0.39 is 0 Å². The number of hydrogen-bond acceptors (Lipinski definition) is 4. The smallest absolute Gasteiger partial charge is 0.231 e. The Labute approximate surface area is 148 Å². The Morgan fingerprint density at radius 1 is 1.08 bits per heavy atom. The number of hydrogen-bond donors (Lipinski definition) is 1. The molecule has 2 aromatic heterocycles. The van der Waals surface area contributed by atoms with E-state index in [4.69, 9.17) is 32.7 Å². The summed E-state index contributed by atoms with van der Waals surface area (Å²) in [4.78, 5) is 11.4. The minimum Gasteiger partial charge on any atom is -0.454 e. The summed E-state index contributed by atoms with van der Waals surface area (Å²) in [5, 5.41) is 0.490. The lowest BCUT2D eigenvalue weighted by Gasteiger charge is -2.04. The third-order valence-electron chi connectivity index (χ3n) is 3.90. The van der Waals surface area contributed by atoms with Crippen molar-refractivity contribution in [3.05, 3.63) is 57.6 Å². The van der Waals surface area contributed by atoms with Crippen LogP contribution in [-0.2, 0) is 6.42 Å². The molecule has 3 heterocycles. The van der Waals surface area contributed by atoms with Gasteiger partial charge in [0.05, 0.1) is 11.4 Å². The van der Waals surface area contributed by atoms with Crippen LogP contribution in [0, 0.1) is 6.92 Å². The number of H-pyrrole nitrogens is 1. The van der Waals surface area contributed by atoms with Gasteiger partial charge in [0.2, 0.25) is 12.1 Å². The molecule has 122 valence electrons. The molecule has 1 N–H and O–H groups in total. The van der Waals surface area contributed by atoms with Crippen LogP contribution in [0.1, 0.15) is 16.7 Å². The molecule has 1 aromatic carbocycles. The van der Waals surface area contributed by atoms with E-state index in [0.717, 1.165) is 40.3 Å². The molecule has 0 fully saturated rings. The van der Waals surface area contributed by atoms with Crippen molar-refractivity contribution in [3.8, 4) is 22.9 Å². The summed E-state index contributed by atoms with van der Waals surface area (Å²) in [5.74, 6) is 1.57. The van der Waals surface area contributed by atoms with E-state index in [1.807, 2.05) is 37.4 Å². The van der Waals surface area contributed by atoms with Crippen LogP contribution in [0.4, 0.5) is 0 Å². The molecule has 5 nitrogen and oxygen atoms in total. The first-order chi connectivity index (χ1) is 11.6. The minimum absolute atomic E-state index is 0.132. The molecule has 7 heteroatoms. The van der Waals surface area contributed by atoms with Crippen LogP contribution >= 0.6 is 23.2 Å². The van der Waals surface area contributed by atoms with Gasteiger partial charge in [0, 0.05) is 11.8 Å². The quantitative estimate of drug-likeness (QED) is 0.554. The summed E-state index contributed by atoms with van der Waals surface area (Å²) in [6.45, 7) is 2.15. The largest absolute Gasteiger partial charge is 0.454 e. The van der Waals surface area contributed by atoms with Crippen LogP contribution in [-0.4, -0.2) is 21.7 Å². The summed E-state index contributed by atoms with van der Waals surface area (Å²) in [6, 6.07) is 7.99. The Kier molecular flexibility index (Phi) is 3.82. The highest BCUT2D eigenvalue weighted by Gasteiger charge is 2.15. The Morgan fingerprint density at radius 2 is 1.92 bits per heavy atom. The SMILES string of the molecule is Cc1c(Cl)nc(Cl)nc1-c1cc(Cc2ccc3c(c2)OCO3)c[nH]1. The second kappa shape index (κ2) is 6.00. The van der Waals surface area contributed by atoms with Gasteiger partial charge >= 0.3 is 0 Å². The van der Waals surface area contributed by atoms with Crippen molar-refractivity contribution < 1.29 is 9.47 Å². The van der Waals surface area contributed by atoms with Gasteiger partial charge < -0.3 is 14.5 Å². The average molecular weight is 362 g/mol. The Morgan fingerprint density at radius 3 is 2.79 bits per heavy atom. The van der Waals surface area contributed by atoms with Crippen molar-refractivity contribution in [2.45, 2.75) is 13.3 Å². The van der Waals surface area contributed by atoms with Crippen molar-refractivity contribution in [2.75, 3.05) is 6.79 Å². The number of aromatic amines is 1. The molecular weight excluding hydrogens is 349 g/mol. The molecule has 0 bridgehead atoms. The van der Waals surface area contributed by atoms with Crippen LogP contribution < -0.4 is 9.47 Å². The van der Waals surface area contributed by atoms with Gasteiger partial charge in [0.25, 0.3) is 0 Å². The highest BCUT2D eigenvalue weighted by atomic mass is 35.5. The van der Waals surface area contributed by atoms with E-state index >= 15 is 0 Å². The third kappa shape index (κ3) is 2.81. The second-order valence-electron chi connectivity index (χ2n) is 5.54. The van der Waals surface area contributed by atoms with Crippen molar-refractivity contribution in [1.29, 1.82) is 0 Å². The lowest BCUT2D eigenvalue weighted by Crippen LogP contribution is -1.94. The van der Waals surface area contributed by atoms with Gasteiger partial charge in [-0.1, -0.05) is 17.7 Å². The maximum atomic E-state index is 6.08. The van der Waals surface area contributed by atoms with Crippen LogP contribution in [0.3, 0.4) is 0 Å². The average Bonchev–Trinajstić information content (AvgIpc) is 3.19. The molecule has 0 atom stereocenters. The number of benzene rings is 1. The minimum atomic E-state index is 0.132. The van der Waals surface area contributed by atoms with Crippen LogP contribution in [0.5, 0.6) is 11.5 Å². The zero-order valence-corrected chi connectivity index (χ0v) is 14.3. The number of nitrogens with zero attached hydrogens (tertiary/aromatic N) is 2. The van der Waals surface area contributed by atoms with Gasteiger partial charge in [-0.2, -0.15) is 0 Å². The van der Waals surface area contributed by atoms with E-state index in [-0.39, 0.29) is 12.1 Å². The molecule has 0 saturated carbocycles. The number of aromatic nitrogens is 3. The molecule has 0 aliphatic carbocycles. The maximum absolute atomic E-state index is 6.08. The van der Waals surface area contributed by atoms with Crippen molar-refractivity contribution >= 4 is 23.2 Å². The fourth-order valence-corrected chi connectivity index (χ4v) is 3.07. The van der Waals surface area contributed by atoms with E-state index in [1.165, 1.54) is 0 Å². The van der Waals surface area contributed by atoms with Crippen molar-refractivity contribution in [2.24, 2.45) is 0 Å². The summed E-state index contributed by atoms with van der Waals surface area (Å²) in [6.07, 6.45) is 2.71. The van der Waals surface area contributed by atoms with Gasteiger partial charge in [-0.05, 0) is 54.3 Å². The number of nitrogens with one attached hydrogen (secondary N) is 1. The Hall–Kier alpha value is -2.24. The topological polar surface area (TPSA) is 60.0 Å². The summed E-state index contributed by atoms with van der Waals surface area (Å²) in [7, 11) is 0. The fraction of sp³-hybridized carbons (Fsp3) is 0.176. The Balaban J connectivity index is 1.61. The molecule has 0 amide bonds. The zero-order chi connectivity index (χ0) is 16.7. The molecule has 0 radical (unpaired) electrons. The monoisotopic (exact) mass is 361 g/mol. The van der Waals surface area contributed by atoms with Crippen LogP contribution in [0.25, 0.3) is 11.4 Å². The summed E-state index contributed by atoms with van der Waals surface area (Å²) in [5.41, 5.74) is 4.61. The normalized spacial score (nSPS) is 12.6. The second-order valence-corrected chi connectivity index (χ2v) is 6.24. The maximum Gasteiger partial charge on any atom is 0.231 e. The fourth-order valence-electron chi connectivity index (χ4n) is 2.69. The molecule has 0 unspecified atom stereocenters. The molecule has 3 aromatic rings. The molecule has 1 aliphatic rings. The van der Waals surface area contributed by atoms with E-state index in [1.54, 1.807) is 0 Å². The first-order valence-corrected chi connectivity index (χ1v) is 8.11. The predicted molar refractivity (Wildman–Crippen MR) is 91.9 cm³/mol. The summed E-state index contributed by atoms with van der Waals surface area (Å²) >= 11 is 12.0. The number of halogens is 2. The van der Waals surface area contributed by atoms with Gasteiger partial charge in [0.1, 0.15) is 5.15 Å². The highest BCUT2D eigenvalue weighted by Crippen LogP contribution is 2.33. The zero-order valence-electron chi connectivity index (χ0n) is 12.8. The standard InChI is InChI=1S/C17H13Cl2N3O2/c1-9-15(21-17(19)22-16(9)18)12-5-11(7-20-12)4-10-2-3-13-14(6-10)24-8-23-13/h2-3,5-7,20H,4,8H2,1H3. The van der Waals surface area contributed by atoms with Gasteiger partial charge in [-0.15, -0.1) is 0 Å². The van der Waals surface area contributed by atoms with Crippen LogP contribution in [0.15, 0.2) is 30.5 Å². The van der Waals surface area contributed by atoms with Gasteiger partial charge in [-0.25, -0.2) is 9.97 Å². The lowest BCUT2D eigenvalue weighted by molar-refractivity contribution is 0.174. The van der Waals surface area contributed by atoms with Crippen LogP contribution in [0.2, 0.25) is 10.4 Å². The van der Waals surface area contributed by atoms with E-state index in [9.17, 15) is 0 Å². The molecule has 24 heavy (non-hydrogen) atoms. The molecule has 1 aliphatic heterocycles. The van der Waals surface area contributed by atoms with Crippen molar-refractivity contribution in [1.82, 2.24) is 15.0 Å². The first kappa shape index (κ1) is 15.3.